The number of carbonyl (C=O) groups excluding carboxylic acids is 2. The smallest absolute Gasteiger partial charge is 0.395 e. The van der Waals surface area contributed by atoms with Crippen molar-refractivity contribution < 1.29 is 27.9 Å². The standard InChI is InChI=1S/C20H26F3N5O3S/c1-27(2)9-12-10-28(26-17(12)20(21,22)23)11-15(30)25-19-16(18(31)24-7-8-29)13-5-3-4-6-14(13)32-19/h10,29H,3-9,11H2,1-2H3,(H,24,31)(H,25,30). The second kappa shape index (κ2) is 10.0. The molecule has 0 saturated heterocycles. The Morgan fingerprint density at radius 1 is 1.28 bits per heavy atom. The van der Waals surface area contributed by atoms with Crippen LogP contribution in [0.25, 0.3) is 0 Å². The largest absolute Gasteiger partial charge is 0.435 e. The van der Waals surface area contributed by atoms with E-state index in [1.807, 2.05) is 0 Å². The Balaban J connectivity index is 1.81. The van der Waals surface area contributed by atoms with Gasteiger partial charge in [0.15, 0.2) is 5.69 Å². The number of hydrogen-bond donors (Lipinski definition) is 3. The Morgan fingerprint density at radius 3 is 2.66 bits per heavy atom. The number of nitrogens with one attached hydrogen (secondary N) is 2. The number of aliphatic hydroxyl groups excluding tert-OH is 1. The fourth-order valence-corrected chi connectivity index (χ4v) is 5.01. The molecule has 2 aromatic rings. The molecule has 0 fully saturated rings. The number of aliphatic hydroxyl groups is 1. The molecule has 0 spiro atoms. The van der Waals surface area contributed by atoms with E-state index in [0.717, 1.165) is 34.4 Å². The second-order valence-corrected chi connectivity index (χ2v) is 8.98. The third kappa shape index (κ3) is 5.67. The van der Waals surface area contributed by atoms with Gasteiger partial charge in [-0.25, -0.2) is 0 Å². The number of aryl methyl sites for hydroxylation is 1. The van der Waals surface area contributed by atoms with Crippen molar-refractivity contribution in [3.8, 4) is 0 Å². The minimum absolute atomic E-state index is 0.0223. The van der Waals surface area contributed by atoms with Crippen LogP contribution >= 0.6 is 11.3 Å². The topological polar surface area (TPSA) is 99.5 Å². The molecule has 1 aliphatic rings. The Bertz CT molecular complexity index is 984. The van der Waals surface area contributed by atoms with Gasteiger partial charge in [-0.05, 0) is 45.3 Å². The highest BCUT2D eigenvalue weighted by molar-refractivity contribution is 7.17. The Labute approximate surface area is 187 Å². The summed E-state index contributed by atoms with van der Waals surface area (Å²) in [5.41, 5.74) is 0.218. The molecule has 0 atom stereocenters. The third-order valence-electron chi connectivity index (χ3n) is 4.95. The summed E-state index contributed by atoms with van der Waals surface area (Å²) in [6.07, 6.45) is 0.0264. The summed E-state index contributed by atoms with van der Waals surface area (Å²) in [6, 6.07) is 0. The van der Waals surface area contributed by atoms with Crippen molar-refractivity contribution in [2.24, 2.45) is 0 Å². The average Bonchev–Trinajstić information content (AvgIpc) is 3.25. The highest BCUT2D eigenvalue weighted by Crippen LogP contribution is 2.38. The van der Waals surface area contributed by atoms with Crippen LogP contribution in [0, 0.1) is 0 Å². The third-order valence-corrected chi connectivity index (χ3v) is 6.15. The van der Waals surface area contributed by atoms with E-state index in [1.165, 1.54) is 17.5 Å². The van der Waals surface area contributed by atoms with Gasteiger partial charge in [0, 0.05) is 29.7 Å². The lowest BCUT2D eigenvalue weighted by Crippen LogP contribution is -2.28. The quantitative estimate of drug-likeness (QED) is 0.546. The van der Waals surface area contributed by atoms with Crippen molar-refractivity contribution >= 4 is 28.2 Å². The van der Waals surface area contributed by atoms with Gasteiger partial charge in [-0.1, -0.05) is 0 Å². The van der Waals surface area contributed by atoms with Gasteiger partial charge in [0.1, 0.15) is 11.5 Å². The summed E-state index contributed by atoms with van der Waals surface area (Å²) in [4.78, 5) is 27.9. The second-order valence-electron chi connectivity index (χ2n) is 7.88. The number of carbonyl (C=O) groups is 2. The van der Waals surface area contributed by atoms with E-state index < -0.39 is 24.3 Å². The van der Waals surface area contributed by atoms with Crippen molar-refractivity contribution in [1.82, 2.24) is 20.0 Å². The number of amides is 2. The van der Waals surface area contributed by atoms with Crippen molar-refractivity contribution in [1.29, 1.82) is 0 Å². The van der Waals surface area contributed by atoms with Crippen LogP contribution in [0.5, 0.6) is 0 Å². The molecule has 32 heavy (non-hydrogen) atoms. The number of thiophene rings is 1. The Kier molecular flexibility index (Phi) is 7.57. The van der Waals surface area contributed by atoms with Crippen LogP contribution in [-0.2, 0) is 36.9 Å². The number of nitrogens with zero attached hydrogens (tertiary/aromatic N) is 3. The van der Waals surface area contributed by atoms with E-state index in [4.69, 9.17) is 5.11 Å². The monoisotopic (exact) mass is 473 g/mol. The first-order valence-electron chi connectivity index (χ1n) is 10.2. The number of anilines is 1. The fourth-order valence-electron chi connectivity index (χ4n) is 3.70. The maximum absolute atomic E-state index is 13.3. The van der Waals surface area contributed by atoms with Crippen molar-refractivity contribution in [2.75, 3.05) is 32.6 Å². The normalized spacial score (nSPS) is 13.8. The van der Waals surface area contributed by atoms with E-state index in [1.54, 1.807) is 19.0 Å². The van der Waals surface area contributed by atoms with E-state index in [9.17, 15) is 22.8 Å². The first-order valence-corrected chi connectivity index (χ1v) is 11.0. The summed E-state index contributed by atoms with van der Waals surface area (Å²) >= 11 is 1.31. The molecule has 0 unspecified atom stereocenters. The lowest BCUT2D eigenvalue weighted by atomic mass is 9.95. The molecule has 176 valence electrons. The van der Waals surface area contributed by atoms with Crippen LogP contribution in [0.3, 0.4) is 0 Å². The van der Waals surface area contributed by atoms with Gasteiger partial charge < -0.3 is 20.6 Å². The summed E-state index contributed by atoms with van der Waals surface area (Å²) in [7, 11) is 3.29. The summed E-state index contributed by atoms with van der Waals surface area (Å²) in [5, 5.41) is 18.2. The van der Waals surface area contributed by atoms with Crippen molar-refractivity contribution in [3.63, 3.8) is 0 Å². The number of hydrogen-bond acceptors (Lipinski definition) is 6. The number of fused-ring (bicyclic) bond motifs is 1. The molecule has 12 heteroatoms. The minimum atomic E-state index is -4.63. The van der Waals surface area contributed by atoms with Crippen molar-refractivity contribution in [3.05, 3.63) is 33.5 Å². The van der Waals surface area contributed by atoms with E-state index in [2.05, 4.69) is 15.7 Å². The van der Waals surface area contributed by atoms with Gasteiger partial charge in [0.05, 0.1) is 12.2 Å². The van der Waals surface area contributed by atoms with Gasteiger partial charge in [0.2, 0.25) is 5.91 Å². The highest BCUT2D eigenvalue weighted by Gasteiger charge is 2.37. The van der Waals surface area contributed by atoms with Crippen LogP contribution < -0.4 is 10.6 Å². The molecule has 3 N–H and O–H groups in total. The minimum Gasteiger partial charge on any atom is -0.395 e. The zero-order valence-corrected chi connectivity index (χ0v) is 18.7. The molecule has 3 rings (SSSR count). The predicted molar refractivity (Wildman–Crippen MR) is 114 cm³/mol. The fraction of sp³-hybridized carbons (Fsp3) is 0.550. The van der Waals surface area contributed by atoms with Crippen LogP contribution in [0.4, 0.5) is 18.2 Å². The number of aromatic nitrogens is 2. The molecule has 2 heterocycles. The first-order chi connectivity index (χ1) is 15.1. The van der Waals surface area contributed by atoms with Gasteiger partial charge in [-0.3, -0.25) is 14.3 Å². The number of alkyl halides is 3. The van der Waals surface area contributed by atoms with Gasteiger partial charge in [-0.2, -0.15) is 18.3 Å². The van der Waals surface area contributed by atoms with Crippen molar-refractivity contribution in [2.45, 2.75) is 44.9 Å². The molecule has 0 bridgehead atoms. The molecule has 1 aliphatic carbocycles. The first kappa shape index (κ1) is 24.2. The van der Waals surface area contributed by atoms with E-state index in [0.29, 0.717) is 17.0 Å². The van der Waals surface area contributed by atoms with Crippen LogP contribution in [0.15, 0.2) is 6.20 Å². The molecule has 0 aliphatic heterocycles. The van der Waals surface area contributed by atoms with Gasteiger partial charge in [0.25, 0.3) is 5.91 Å². The number of halogens is 3. The molecule has 0 radical (unpaired) electrons. The number of rotatable bonds is 8. The van der Waals surface area contributed by atoms with Gasteiger partial charge >= 0.3 is 6.18 Å². The van der Waals surface area contributed by atoms with Crippen LogP contribution in [0.1, 0.15) is 44.9 Å². The molecule has 0 saturated carbocycles. The summed E-state index contributed by atoms with van der Waals surface area (Å²) in [5.74, 6) is -0.965. The SMILES string of the molecule is CN(C)Cc1cn(CC(=O)Nc2sc3c(c2C(=O)NCCO)CCCC3)nc1C(F)(F)F. The lowest BCUT2D eigenvalue weighted by molar-refractivity contribution is -0.142. The molecule has 0 aromatic carbocycles. The van der Waals surface area contributed by atoms with Gasteiger partial charge in [-0.15, -0.1) is 11.3 Å². The molecular formula is C20H26F3N5O3S. The lowest BCUT2D eigenvalue weighted by Gasteiger charge is -2.13. The Hall–Kier alpha value is -2.44. The highest BCUT2D eigenvalue weighted by atomic mass is 32.1. The molecule has 8 nitrogen and oxygen atoms in total. The van der Waals surface area contributed by atoms with E-state index >= 15 is 0 Å². The van der Waals surface area contributed by atoms with Crippen LogP contribution in [0.2, 0.25) is 0 Å². The zero-order chi connectivity index (χ0) is 23.5. The average molecular weight is 474 g/mol. The molecular weight excluding hydrogens is 447 g/mol. The Morgan fingerprint density at radius 2 is 2.00 bits per heavy atom. The maximum Gasteiger partial charge on any atom is 0.435 e. The van der Waals surface area contributed by atoms with E-state index in [-0.39, 0.29) is 31.2 Å². The zero-order valence-electron chi connectivity index (χ0n) is 17.9. The van der Waals surface area contributed by atoms with Crippen LogP contribution in [-0.4, -0.2) is 58.8 Å². The summed E-state index contributed by atoms with van der Waals surface area (Å²) in [6.45, 7) is -0.519. The predicted octanol–water partition coefficient (Wildman–Crippen LogP) is 2.26. The maximum atomic E-state index is 13.3. The molecule has 2 amide bonds. The summed E-state index contributed by atoms with van der Waals surface area (Å²) < 4.78 is 40.9. The molecule has 2 aromatic heterocycles.